The third-order valence-corrected chi connectivity index (χ3v) is 5.36. The Hall–Kier alpha value is -1.73. The van der Waals surface area contributed by atoms with Gasteiger partial charge >= 0.3 is 0 Å². The molecule has 0 N–H and O–H groups in total. The second-order valence-corrected chi connectivity index (χ2v) is 7.10. The molecule has 0 radical (unpaired) electrons. The van der Waals surface area contributed by atoms with E-state index < -0.39 is 0 Å². The molecule has 1 amide bonds. The average Bonchev–Trinajstić information content (AvgIpc) is 2.95. The van der Waals surface area contributed by atoms with Crippen molar-refractivity contribution in [3.8, 4) is 0 Å². The molecule has 25 heavy (non-hydrogen) atoms. The van der Waals surface area contributed by atoms with Gasteiger partial charge in [0.2, 0.25) is 5.91 Å². The number of nitrogens with zero attached hydrogens (tertiary/aromatic N) is 5. The van der Waals surface area contributed by atoms with Crippen molar-refractivity contribution in [2.45, 2.75) is 20.3 Å². The molecule has 0 unspecified atom stereocenters. The van der Waals surface area contributed by atoms with Crippen LogP contribution in [0.15, 0.2) is 6.33 Å². The Morgan fingerprint density at radius 2 is 1.96 bits per heavy atom. The van der Waals surface area contributed by atoms with Gasteiger partial charge in [0.05, 0.1) is 6.61 Å². The molecular formula is C18H29N5O2. The summed E-state index contributed by atoms with van der Waals surface area (Å²) in [5.74, 6) is 1.78. The van der Waals surface area contributed by atoms with Crippen LogP contribution in [0.5, 0.6) is 0 Å². The van der Waals surface area contributed by atoms with Crippen LogP contribution in [0.25, 0.3) is 0 Å². The first kappa shape index (κ1) is 18.1. The molecule has 0 aliphatic carbocycles. The van der Waals surface area contributed by atoms with Crippen LogP contribution in [0.3, 0.4) is 0 Å². The van der Waals surface area contributed by atoms with E-state index in [-0.39, 0.29) is 5.91 Å². The summed E-state index contributed by atoms with van der Waals surface area (Å²) in [4.78, 5) is 27.6. The van der Waals surface area contributed by atoms with Crippen LogP contribution in [0, 0.1) is 19.8 Å². The first-order chi connectivity index (χ1) is 12.1. The number of methoxy groups -OCH3 is 1. The molecule has 1 aromatic rings. The first-order valence-electron chi connectivity index (χ1n) is 9.10. The van der Waals surface area contributed by atoms with Crippen molar-refractivity contribution >= 4 is 11.7 Å². The fraction of sp³-hybridized carbons (Fsp3) is 0.722. The fourth-order valence-electron chi connectivity index (χ4n) is 3.75. The van der Waals surface area contributed by atoms with Crippen molar-refractivity contribution in [1.29, 1.82) is 0 Å². The van der Waals surface area contributed by atoms with Crippen LogP contribution >= 0.6 is 0 Å². The summed E-state index contributed by atoms with van der Waals surface area (Å²) < 4.78 is 5.09. The molecule has 7 nitrogen and oxygen atoms in total. The van der Waals surface area contributed by atoms with E-state index in [4.69, 9.17) is 4.74 Å². The molecule has 2 fully saturated rings. The van der Waals surface area contributed by atoms with Crippen molar-refractivity contribution in [3.05, 3.63) is 17.6 Å². The van der Waals surface area contributed by atoms with Gasteiger partial charge in [0.15, 0.2) is 0 Å². The predicted octanol–water partition coefficient (Wildman–Crippen LogP) is 0.710. The smallest absolute Gasteiger partial charge is 0.223 e. The fourth-order valence-corrected chi connectivity index (χ4v) is 3.75. The highest BCUT2D eigenvalue weighted by atomic mass is 16.5. The van der Waals surface area contributed by atoms with Gasteiger partial charge in [0.1, 0.15) is 12.1 Å². The molecule has 0 aromatic carbocycles. The zero-order valence-electron chi connectivity index (χ0n) is 15.6. The second kappa shape index (κ2) is 8.10. The molecule has 0 bridgehead atoms. The minimum absolute atomic E-state index is 0.271. The Bertz CT molecular complexity index is 601. The summed E-state index contributed by atoms with van der Waals surface area (Å²) in [7, 11) is 1.68. The Labute approximate surface area is 150 Å². The van der Waals surface area contributed by atoms with Crippen molar-refractivity contribution in [2.24, 2.45) is 5.92 Å². The number of likely N-dealkylation sites (tertiary alicyclic amines) is 1. The van der Waals surface area contributed by atoms with Crippen LogP contribution in [-0.2, 0) is 9.53 Å². The quantitative estimate of drug-likeness (QED) is 0.755. The minimum Gasteiger partial charge on any atom is -0.383 e. The Balaban J connectivity index is 1.48. The van der Waals surface area contributed by atoms with Gasteiger partial charge in [0, 0.05) is 70.6 Å². The lowest BCUT2D eigenvalue weighted by Gasteiger charge is -2.37. The van der Waals surface area contributed by atoms with Crippen LogP contribution in [0.1, 0.15) is 17.7 Å². The van der Waals surface area contributed by atoms with E-state index in [1.54, 1.807) is 13.4 Å². The standard InChI is InChI=1S/C18H29N5O2/c1-14-15(2)19-13-20-18(14)22-6-4-21(5-7-22)11-16-10-17(24)23(12-16)8-9-25-3/h13,16H,4-12H2,1-3H3/t16-/m1/s1. The molecule has 1 atom stereocenters. The molecule has 7 heteroatoms. The van der Waals surface area contributed by atoms with Gasteiger partial charge in [0.25, 0.3) is 0 Å². The molecule has 138 valence electrons. The largest absolute Gasteiger partial charge is 0.383 e. The van der Waals surface area contributed by atoms with Gasteiger partial charge in [-0.3, -0.25) is 9.69 Å². The molecular weight excluding hydrogens is 318 g/mol. The SMILES string of the molecule is COCCN1C[C@@H](CN2CCN(c3ncnc(C)c3C)CC2)CC1=O. The molecule has 0 saturated carbocycles. The van der Waals surface area contributed by atoms with Crippen LogP contribution < -0.4 is 4.90 Å². The number of carbonyl (C=O) groups excluding carboxylic acids is 1. The van der Waals surface area contributed by atoms with Crippen molar-refractivity contribution in [3.63, 3.8) is 0 Å². The highest BCUT2D eigenvalue weighted by Gasteiger charge is 2.31. The van der Waals surface area contributed by atoms with Crippen LogP contribution in [0.4, 0.5) is 5.82 Å². The maximum Gasteiger partial charge on any atom is 0.223 e. The van der Waals surface area contributed by atoms with Gasteiger partial charge < -0.3 is 14.5 Å². The molecule has 3 heterocycles. The molecule has 0 spiro atoms. The Morgan fingerprint density at radius 3 is 2.68 bits per heavy atom. The predicted molar refractivity (Wildman–Crippen MR) is 96.7 cm³/mol. The maximum atomic E-state index is 12.1. The number of anilines is 1. The number of ether oxygens (including phenoxy) is 1. The summed E-state index contributed by atoms with van der Waals surface area (Å²) in [6.45, 7) is 11.3. The average molecular weight is 347 g/mol. The monoisotopic (exact) mass is 347 g/mol. The number of piperazine rings is 1. The van der Waals surface area contributed by atoms with E-state index >= 15 is 0 Å². The summed E-state index contributed by atoms with van der Waals surface area (Å²) in [6, 6.07) is 0. The first-order valence-corrected chi connectivity index (χ1v) is 9.10. The molecule has 2 saturated heterocycles. The maximum absolute atomic E-state index is 12.1. The topological polar surface area (TPSA) is 61.8 Å². The number of hydrogen-bond acceptors (Lipinski definition) is 6. The van der Waals surface area contributed by atoms with Gasteiger partial charge in [-0.1, -0.05) is 0 Å². The molecule has 3 rings (SSSR count). The summed E-state index contributed by atoms with van der Waals surface area (Å²) in [6.07, 6.45) is 2.33. The number of aryl methyl sites for hydroxylation is 1. The lowest BCUT2D eigenvalue weighted by molar-refractivity contribution is -0.128. The van der Waals surface area contributed by atoms with E-state index in [1.165, 1.54) is 5.56 Å². The van der Waals surface area contributed by atoms with E-state index in [9.17, 15) is 4.79 Å². The Morgan fingerprint density at radius 1 is 1.20 bits per heavy atom. The van der Waals surface area contributed by atoms with Gasteiger partial charge in [-0.2, -0.15) is 0 Å². The number of carbonyl (C=O) groups is 1. The zero-order valence-corrected chi connectivity index (χ0v) is 15.6. The lowest BCUT2D eigenvalue weighted by atomic mass is 10.1. The minimum atomic E-state index is 0.271. The van der Waals surface area contributed by atoms with E-state index in [0.29, 0.717) is 25.5 Å². The third kappa shape index (κ3) is 4.27. The number of rotatable bonds is 6. The molecule has 2 aliphatic rings. The van der Waals surface area contributed by atoms with Crippen molar-refractivity contribution < 1.29 is 9.53 Å². The van der Waals surface area contributed by atoms with Gasteiger partial charge in [-0.25, -0.2) is 9.97 Å². The van der Waals surface area contributed by atoms with Crippen molar-refractivity contribution in [1.82, 2.24) is 19.8 Å². The van der Waals surface area contributed by atoms with E-state index in [2.05, 4.69) is 26.7 Å². The van der Waals surface area contributed by atoms with Crippen LogP contribution in [-0.4, -0.2) is 85.2 Å². The van der Waals surface area contributed by atoms with Crippen LogP contribution in [0.2, 0.25) is 0 Å². The molecule has 1 aromatic heterocycles. The third-order valence-electron chi connectivity index (χ3n) is 5.36. The lowest BCUT2D eigenvalue weighted by Crippen LogP contribution is -2.48. The summed E-state index contributed by atoms with van der Waals surface area (Å²) >= 11 is 0. The van der Waals surface area contributed by atoms with Gasteiger partial charge in [-0.05, 0) is 19.8 Å². The molecule has 2 aliphatic heterocycles. The van der Waals surface area contributed by atoms with E-state index in [0.717, 1.165) is 50.8 Å². The number of hydrogen-bond donors (Lipinski definition) is 0. The highest BCUT2D eigenvalue weighted by molar-refractivity contribution is 5.78. The second-order valence-electron chi connectivity index (χ2n) is 7.10. The zero-order chi connectivity index (χ0) is 17.8. The summed E-state index contributed by atoms with van der Waals surface area (Å²) in [5.41, 5.74) is 2.22. The number of amides is 1. The number of aromatic nitrogens is 2. The summed E-state index contributed by atoms with van der Waals surface area (Å²) in [5, 5.41) is 0. The van der Waals surface area contributed by atoms with E-state index in [1.807, 2.05) is 11.8 Å². The highest BCUT2D eigenvalue weighted by Crippen LogP contribution is 2.22. The Kier molecular flexibility index (Phi) is 5.86. The van der Waals surface area contributed by atoms with Gasteiger partial charge in [-0.15, -0.1) is 0 Å². The normalized spacial score (nSPS) is 22.0. The van der Waals surface area contributed by atoms with Crippen molar-refractivity contribution in [2.75, 3.05) is 64.4 Å².